The summed E-state index contributed by atoms with van der Waals surface area (Å²) in [4.78, 5) is 2.45. The first-order chi connectivity index (χ1) is 9.83. The lowest BCUT2D eigenvalue weighted by Crippen LogP contribution is -2.24. The number of ether oxygens (including phenoxy) is 2. The van der Waals surface area contributed by atoms with Crippen molar-refractivity contribution in [3.63, 3.8) is 0 Å². The molecule has 1 aromatic rings. The van der Waals surface area contributed by atoms with Crippen molar-refractivity contribution in [2.45, 2.75) is 39.5 Å². The van der Waals surface area contributed by atoms with Gasteiger partial charge in [0.15, 0.2) is 0 Å². The molecule has 3 heteroatoms. The number of benzene rings is 1. The summed E-state index contributed by atoms with van der Waals surface area (Å²) < 4.78 is 11.5. The van der Waals surface area contributed by atoms with Crippen LogP contribution in [0.15, 0.2) is 18.2 Å². The summed E-state index contributed by atoms with van der Waals surface area (Å²) in [5, 5.41) is 0. The maximum absolute atomic E-state index is 5.82. The normalized spacial score (nSPS) is 13.9. The van der Waals surface area contributed by atoms with E-state index in [0.29, 0.717) is 0 Å². The highest BCUT2D eigenvalue weighted by Gasteiger charge is 2.10. The standard InChI is InChI=1S/C17H27NO2/c1-3-18(4-2)11-5-6-12-19-16-10-9-15-8-7-13-20-17(15)14-16/h9-10,14H,3-8,11-13H2,1-2H3. The largest absolute Gasteiger partial charge is 0.493 e. The molecule has 0 N–H and O–H groups in total. The lowest BCUT2D eigenvalue weighted by molar-refractivity contribution is 0.262. The number of rotatable bonds is 8. The topological polar surface area (TPSA) is 21.7 Å². The highest BCUT2D eigenvalue weighted by Crippen LogP contribution is 2.29. The highest BCUT2D eigenvalue weighted by atomic mass is 16.5. The van der Waals surface area contributed by atoms with Crippen molar-refractivity contribution in [2.24, 2.45) is 0 Å². The molecule has 3 nitrogen and oxygen atoms in total. The Hall–Kier alpha value is -1.22. The van der Waals surface area contributed by atoms with Crippen LogP contribution in [-0.4, -0.2) is 37.7 Å². The van der Waals surface area contributed by atoms with E-state index in [1.807, 2.05) is 6.07 Å². The Balaban J connectivity index is 1.69. The fraction of sp³-hybridized carbons (Fsp3) is 0.647. The molecule has 0 atom stereocenters. The Bertz CT molecular complexity index is 402. The highest BCUT2D eigenvalue weighted by molar-refractivity contribution is 5.41. The third kappa shape index (κ3) is 4.41. The van der Waals surface area contributed by atoms with Crippen molar-refractivity contribution in [1.82, 2.24) is 4.90 Å². The summed E-state index contributed by atoms with van der Waals surface area (Å²) >= 11 is 0. The van der Waals surface area contributed by atoms with Crippen molar-refractivity contribution in [3.05, 3.63) is 23.8 Å². The molecule has 0 amide bonds. The van der Waals surface area contributed by atoms with Crippen LogP contribution in [0.25, 0.3) is 0 Å². The predicted molar refractivity (Wildman–Crippen MR) is 82.8 cm³/mol. The van der Waals surface area contributed by atoms with Crippen LogP contribution in [0.3, 0.4) is 0 Å². The average molecular weight is 277 g/mol. The minimum atomic E-state index is 0.792. The molecular formula is C17H27NO2. The maximum atomic E-state index is 5.82. The monoisotopic (exact) mass is 277 g/mol. The Morgan fingerprint density at radius 2 is 2.05 bits per heavy atom. The van der Waals surface area contributed by atoms with E-state index in [2.05, 4.69) is 30.9 Å². The van der Waals surface area contributed by atoms with Crippen molar-refractivity contribution in [2.75, 3.05) is 32.8 Å². The molecule has 1 heterocycles. The second-order valence-corrected chi connectivity index (χ2v) is 5.30. The first kappa shape index (κ1) is 15.2. The van der Waals surface area contributed by atoms with E-state index in [-0.39, 0.29) is 0 Å². The van der Waals surface area contributed by atoms with Gasteiger partial charge in [-0.25, -0.2) is 0 Å². The molecule has 0 radical (unpaired) electrons. The number of hydrogen-bond acceptors (Lipinski definition) is 3. The number of aryl methyl sites for hydroxylation is 1. The van der Waals surface area contributed by atoms with Crippen LogP contribution in [0.2, 0.25) is 0 Å². The molecule has 2 rings (SSSR count). The van der Waals surface area contributed by atoms with Crippen LogP contribution in [-0.2, 0) is 6.42 Å². The molecule has 0 aliphatic carbocycles. The Morgan fingerprint density at radius 1 is 1.20 bits per heavy atom. The van der Waals surface area contributed by atoms with E-state index in [1.165, 1.54) is 18.5 Å². The van der Waals surface area contributed by atoms with Crippen LogP contribution < -0.4 is 9.47 Å². The molecule has 0 spiro atoms. The van der Waals surface area contributed by atoms with Gasteiger partial charge in [0.25, 0.3) is 0 Å². The molecule has 112 valence electrons. The van der Waals surface area contributed by atoms with Gasteiger partial charge in [0, 0.05) is 6.07 Å². The quantitative estimate of drug-likeness (QED) is 0.679. The van der Waals surface area contributed by atoms with Crippen LogP contribution in [0, 0.1) is 0 Å². The number of fused-ring (bicyclic) bond motifs is 1. The molecule has 1 aliphatic rings. The van der Waals surface area contributed by atoms with Gasteiger partial charge >= 0.3 is 0 Å². The Kier molecular flexibility index (Phi) is 6.19. The smallest absolute Gasteiger partial charge is 0.126 e. The van der Waals surface area contributed by atoms with Gasteiger partial charge in [0.1, 0.15) is 11.5 Å². The van der Waals surface area contributed by atoms with Gasteiger partial charge in [-0.1, -0.05) is 19.9 Å². The van der Waals surface area contributed by atoms with Crippen LogP contribution >= 0.6 is 0 Å². The van der Waals surface area contributed by atoms with E-state index >= 15 is 0 Å². The third-order valence-corrected chi connectivity index (χ3v) is 3.92. The molecule has 0 saturated heterocycles. The maximum Gasteiger partial charge on any atom is 0.126 e. The van der Waals surface area contributed by atoms with E-state index in [0.717, 1.165) is 57.1 Å². The lowest BCUT2D eigenvalue weighted by atomic mass is 10.1. The summed E-state index contributed by atoms with van der Waals surface area (Å²) in [5.74, 6) is 1.95. The second kappa shape index (κ2) is 8.15. The Labute approximate surface area is 122 Å². The lowest BCUT2D eigenvalue weighted by Gasteiger charge is -2.19. The summed E-state index contributed by atoms with van der Waals surface area (Å²) in [6.45, 7) is 9.50. The first-order valence-electron chi connectivity index (χ1n) is 7.94. The first-order valence-corrected chi connectivity index (χ1v) is 7.94. The molecule has 0 aromatic heterocycles. The zero-order valence-corrected chi connectivity index (χ0v) is 12.9. The van der Waals surface area contributed by atoms with Gasteiger partial charge in [0.05, 0.1) is 13.2 Å². The van der Waals surface area contributed by atoms with Crippen LogP contribution in [0.1, 0.15) is 38.7 Å². The van der Waals surface area contributed by atoms with Gasteiger partial charge < -0.3 is 14.4 Å². The number of hydrogen-bond donors (Lipinski definition) is 0. The number of nitrogens with zero attached hydrogens (tertiary/aromatic N) is 1. The molecule has 0 fully saturated rings. The SMILES string of the molecule is CCN(CC)CCCCOc1ccc2c(c1)OCCC2. The van der Waals surface area contributed by atoms with Gasteiger partial charge in [-0.15, -0.1) is 0 Å². The van der Waals surface area contributed by atoms with E-state index in [4.69, 9.17) is 9.47 Å². The van der Waals surface area contributed by atoms with E-state index < -0.39 is 0 Å². The van der Waals surface area contributed by atoms with Crippen molar-refractivity contribution >= 4 is 0 Å². The van der Waals surface area contributed by atoms with Crippen LogP contribution in [0.5, 0.6) is 11.5 Å². The van der Waals surface area contributed by atoms with Gasteiger partial charge in [0.2, 0.25) is 0 Å². The molecule has 20 heavy (non-hydrogen) atoms. The zero-order chi connectivity index (χ0) is 14.2. The second-order valence-electron chi connectivity index (χ2n) is 5.30. The summed E-state index contributed by atoms with van der Waals surface area (Å²) in [6, 6.07) is 6.25. The minimum Gasteiger partial charge on any atom is -0.493 e. The van der Waals surface area contributed by atoms with Crippen molar-refractivity contribution in [3.8, 4) is 11.5 Å². The summed E-state index contributed by atoms with van der Waals surface area (Å²) in [6.07, 6.45) is 4.55. The average Bonchev–Trinajstić information content (AvgIpc) is 2.51. The summed E-state index contributed by atoms with van der Waals surface area (Å²) in [5.41, 5.74) is 1.31. The van der Waals surface area contributed by atoms with Gasteiger partial charge in [-0.3, -0.25) is 0 Å². The fourth-order valence-electron chi connectivity index (χ4n) is 2.58. The minimum absolute atomic E-state index is 0.792. The molecule has 0 saturated carbocycles. The van der Waals surface area contributed by atoms with E-state index in [1.54, 1.807) is 0 Å². The summed E-state index contributed by atoms with van der Waals surface area (Å²) in [7, 11) is 0. The van der Waals surface area contributed by atoms with Crippen LogP contribution in [0.4, 0.5) is 0 Å². The molecule has 1 aliphatic heterocycles. The molecule has 1 aromatic carbocycles. The zero-order valence-electron chi connectivity index (χ0n) is 12.9. The Morgan fingerprint density at radius 3 is 2.85 bits per heavy atom. The van der Waals surface area contributed by atoms with E-state index in [9.17, 15) is 0 Å². The molecule has 0 unspecified atom stereocenters. The van der Waals surface area contributed by atoms with Gasteiger partial charge in [-0.05, 0) is 56.9 Å². The predicted octanol–water partition coefficient (Wildman–Crippen LogP) is 3.51. The van der Waals surface area contributed by atoms with Crippen molar-refractivity contribution in [1.29, 1.82) is 0 Å². The number of unbranched alkanes of at least 4 members (excludes halogenated alkanes) is 1. The van der Waals surface area contributed by atoms with Crippen molar-refractivity contribution < 1.29 is 9.47 Å². The third-order valence-electron chi connectivity index (χ3n) is 3.92. The van der Waals surface area contributed by atoms with Gasteiger partial charge in [-0.2, -0.15) is 0 Å². The molecule has 0 bridgehead atoms. The molecular weight excluding hydrogens is 250 g/mol. The fourth-order valence-corrected chi connectivity index (χ4v) is 2.58.